The minimum atomic E-state index is -0.394. The van der Waals surface area contributed by atoms with E-state index in [1.807, 2.05) is 6.07 Å². The molecule has 0 saturated heterocycles. The van der Waals surface area contributed by atoms with E-state index in [1.54, 1.807) is 36.4 Å². The van der Waals surface area contributed by atoms with Crippen molar-refractivity contribution in [2.24, 2.45) is 0 Å². The Morgan fingerprint density at radius 1 is 1.13 bits per heavy atom. The summed E-state index contributed by atoms with van der Waals surface area (Å²) in [5.41, 5.74) is 0.876. The molecule has 0 saturated carbocycles. The van der Waals surface area contributed by atoms with Gasteiger partial charge in [-0.1, -0.05) is 18.2 Å². The molecule has 2 rings (SSSR count). The Labute approximate surface area is 86.2 Å². The van der Waals surface area contributed by atoms with Crippen LogP contribution in [0.2, 0.25) is 0 Å². The van der Waals surface area contributed by atoms with Crippen LogP contribution in [-0.2, 0) is 0 Å². The van der Waals surface area contributed by atoms with E-state index in [0.717, 1.165) is 5.56 Å². The van der Waals surface area contributed by atoms with Gasteiger partial charge < -0.3 is 4.42 Å². The number of benzene rings is 1. The summed E-state index contributed by atoms with van der Waals surface area (Å²) in [6, 6.07) is 13.6. The SMILES string of the molecule is N#Cc1cccc(-c2cccc(=O)o2)c1. The van der Waals surface area contributed by atoms with E-state index >= 15 is 0 Å². The van der Waals surface area contributed by atoms with Crippen LogP contribution in [0, 0.1) is 11.3 Å². The van der Waals surface area contributed by atoms with Gasteiger partial charge in [0.1, 0.15) is 5.76 Å². The van der Waals surface area contributed by atoms with E-state index < -0.39 is 5.63 Å². The standard InChI is InChI=1S/C12H7NO2/c13-8-9-3-1-4-10(7-9)11-5-2-6-12(14)15-11/h1-7H. The van der Waals surface area contributed by atoms with Crippen LogP contribution in [0.5, 0.6) is 0 Å². The molecule has 0 unspecified atom stereocenters. The molecule has 0 bridgehead atoms. The van der Waals surface area contributed by atoms with Gasteiger partial charge in [-0.05, 0) is 18.2 Å². The van der Waals surface area contributed by atoms with E-state index in [1.165, 1.54) is 6.07 Å². The second-order valence-corrected chi connectivity index (χ2v) is 3.00. The van der Waals surface area contributed by atoms with Crippen molar-refractivity contribution in [2.75, 3.05) is 0 Å². The molecule has 0 spiro atoms. The first-order chi connectivity index (χ1) is 7.29. The molecule has 0 N–H and O–H groups in total. The minimum Gasteiger partial charge on any atom is -0.423 e. The molecule has 0 atom stereocenters. The van der Waals surface area contributed by atoms with Crippen LogP contribution >= 0.6 is 0 Å². The topological polar surface area (TPSA) is 54.0 Å². The van der Waals surface area contributed by atoms with Crippen LogP contribution in [0.3, 0.4) is 0 Å². The summed E-state index contributed by atoms with van der Waals surface area (Å²) in [6.07, 6.45) is 0. The van der Waals surface area contributed by atoms with Crippen molar-refractivity contribution in [1.82, 2.24) is 0 Å². The lowest BCUT2D eigenvalue weighted by atomic mass is 10.1. The van der Waals surface area contributed by atoms with Crippen molar-refractivity contribution < 1.29 is 4.42 Å². The molecule has 0 amide bonds. The third-order valence-corrected chi connectivity index (χ3v) is 1.97. The van der Waals surface area contributed by atoms with Crippen molar-refractivity contribution >= 4 is 0 Å². The summed E-state index contributed by atoms with van der Waals surface area (Å²) in [4.78, 5) is 11.0. The Morgan fingerprint density at radius 3 is 2.67 bits per heavy atom. The second kappa shape index (κ2) is 3.81. The van der Waals surface area contributed by atoms with E-state index in [2.05, 4.69) is 0 Å². The van der Waals surface area contributed by atoms with Crippen LogP contribution in [0.15, 0.2) is 51.7 Å². The highest BCUT2D eigenvalue weighted by molar-refractivity contribution is 5.59. The highest BCUT2D eigenvalue weighted by Crippen LogP contribution is 2.18. The molecule has 3 heteroatoms. The number of rotatable bonds is 1. The maximum atomic E-state index is 11.0. The molecule has 15 heavy (non-hydrogen) atoms. The van der Waals surface area contributed by atoms with Crippen molar-refractivity contribution in [1.29, 1.82) is 5.26 Å². The van der Waals surface area contributed by atoms with E-state index in [4.69, 9.17) is 9.68 Å². The Morgan fingerprint density at radius 2 is 1.93 bits per heavy atom. The molecule has 0 aliphatic carbocycles. The van der Waals surface area contributed by atoms with Gasteiger partial charge in [0, 0.05) is 11.6 Å². The van der Waals surface area contributed by atoms with Crippen molar-refractivity contribution in [2.45, 2.75) is 0 Å². The fraction of sp³-hybridized carbons (Fsp3) is 0. The zero-order valence-electron chi connectivity index (χ0n) is 7.81. The van der Waals surface area contributed by atoms with Gasteiger partial charge in [-0.15, -0.1) is 0 Å². The molecular weight excluding hydrogens is 190 g/mol. The summed E-state index contributed by atoms with van der Waals surface area (Å²) < 4.78 is 5.00. The lowest BCUT2D eigenvalue weighted by molar-refractivity contribution is 0.526. The predicted octanol–water partition coefficient (Wildman–Crippen LogP) is 2.18. The fourth-order valence-electron chi connectivity index (χ4n) is 1.29. The van der Waals surface area contributed by atoms with E-state index in [-0.39, 0.29) is 0 Å². The number of hydrogen-bond acceptors (Lipinski definition) is 3. The maximum Gasteiger partial charge on any atom is 0.336 e. The largest absolute Gasteiger partial charge is 0.423 e. The molecule has 0 aliphatic heterocycles. The average molecular weight is 197 g/mol. The number of nitriles is 1. The van der Waals surface area contributed by atoms with Gasteiger partial charge in [-0.3, -0.25) is 0 Å². The lowest BCUT2D eigenvalue weighted by Gasteiger charge is -1.98. The summed E-state index contributed by atoms with van der Waals surface area (Å²) in [6.45, 7) is 0. The maximum absolute atomic E-state index is 11.0. The van der Waals surface area contributed by atoms with Gasteiger partial charge in [0.2, 0.25) is 0 Å². The van der Waals surface area contributed by atoms with Gasteiger partial charge in [-0.2, -0.15) is 5.26 Å². The quantitative estimate of drug-likeness (QED) is 0.704. The summed E-state index contributed by atoms with van der Waals surface area (Å²) >= 11 is 0. The van der Waals surface area contributed by atoms with Gasteiger partial charge in [-0.25, -0.2) is 4.79 Å². The van der Waals surface area contributed by atoms with Crippen LogP contribution in [0.4, 0.5) is 0 Å². The highest BCUT2D eigenvalue weighted by Gasteiger charge is 2.01. The van der Waals surface area contributed by atoms with Crippen LogP contribution in [-0.4, -0.2) is 0 Å². The molecule has 2 aromatic rings. The monoisotopic (exact) mass is 197 g/mol. The smallest absolute Gasteiger partial charge is 0.336 e. The number of nitrogens with zero attached hydrogens (tertiary/aromatic N) is 1. The van der Waals surface area contributed by atoms with E-state index in [9.17, 15) is 4.79 Å². The zero-order valence-corrected chi connectivity index (χ0v) is 7.81. The molecule has 1 heterocycles. The third kappa shape index (κ3) is 1.94. The molecule has 1 aromatic carbocycles. The number of hydrogen-bond donors (Lipinski definition) is 0. The Balaban J connectivity index is 2.55. The molecular formula is C12H7NO2. The first-order valence-electron chi connectivity index (χ1n) is 4.40. The third-order valence-electron chi connectivity index (χ3n) is 1.97. The second-order valence-electron chi connectivity index (χ2n) is 3.00. The van der Waals surface area contributed by atoms with E-state index in [0.29, 0.717) is 11.3 Å². The molecule has 3 nitrogen and oxygen atoms in total. The first kappa shape index (κ1) is 9.22. The average Bonchev–Trinajstić information content (AvgIpc) is 2.29. The van der Waals surface area contributed by atoms with Crippen LogP contribution in [0.1, 0.15) is 5.56 Å². The molecule has 0 radical (unpaired) electrons. The van der Waals surface area contributed by atoms with Crippen molar-refractivity contribution in [3.05, 3.63) is 58.4 Å². The molecule has 72 valence electrons. The van der Waals surface area contributed by atoms with Crippen LogP contribution < -0.4 is 5.63 Å². The Bertz CT molecular complexity index is 578. The Hall–Kier alpha value is -2.34. The van der Waals surface area contributed by atoms with Crippen molar-refractivity contribution in [3.8, 4) is 17.4 Å². The minimum absolute atomic E-state index is 0.394. The summed E-state index contributed by atoms with van der Waals surface area (Å²) in [5, 5.41) is 8.72. The molecule has 0 aliphatic rings. The lowest BCUT2D eigenvalue weighted by Crippen LogP contribution is -1.95. The fourth-order valence-corrected chi connectivity index (χ4v) is 1.29. The highest BCUT2D eigenvalue weighted by atomic mass is 16.4. The Kier molecular flexibility index (Phi) is 2.34. The first-order valence-corrected chi connectivity index (χ1v) is 4.40. The van der Waals surface area contributed by atoms with Gasteiger partial charge in [0.05, 0.1) is 11.6 Å². The predicted molar refractivity (Wildman–Crippen MR) is 55.1 cm³/mol. The van der Waals surface area contributed by atoms with Crippen molar-refractivity contribution in [3.63, 3.8) is 0 Å². The van der Waals surface area contributed by atoms with Crippen LogP contribution in [0.25, 0.3) is 11.3 Å². The zero-order chi connectivity index (χ0) is 10.7. The molecule has 0 fully saturated rings. The van der Waals surface area contributed by atoms with Gasteiger partial charge >= 0.3 is 5.63 Å². The summed E-state index contributed by atoms with van der Waals surface area (Å²) in [7, 11) is 0. The molecule has 1 aromatic heterocycles. The van der Waals surface area contributed by atoms with Gasteiger partial charge in [0.25, 0.3) is 0 Å². The normalized spacial score (nSPS) is 9.53. The van der Waals surface area contributed by atoms with Gasteiger partial charge in [0.15, 0.2) is 0 Å². The summed E-state index contributed by atoms with van der Waals surface area (Å²) in [5.74, 6) is 0.472.